The minimum atomic E-state index is 0.649. The molecule has 1 aromatic heterocycles. The van der Waals surface area contributed by atoms with E-state index >= 15 is 0 Å². The van der Waals surface area contributed by atoms with E-state index in [0.717, 1.165) is 31.1 Å². The monoisotopic (exact) mass is 301 g/mol. The van der Waals surface area contributed by atoms with Crippen LogP contribution in [0.25, 0.3) is 0 Å². The number of nitrogens with one attached hydrogen (secondary N) is 1. The van der Waals surface area contributed by atoms with Gasteiger partial charge in [0.2, 0.25) is 0 Å². The Morgan fingerprint density at radius 1 is 1.20 bits per heavy atom. The zero-order chi connectivity index (χ0) is 14.8. The van der Waals surface area contributed by atoms with Crippen LogP contribution in [0.4, 0.5) is 5.82 Å². The number of halogens is 1. The summed E-state index contributed by atoms with van der Waals surface area (Å²) in [4.78, 5) is 6.77. The van der Waals surface area contributed by atoms with Crippen molar-refractivity contribution < 1.29 is 9.47 Å². The first-order chi connectivity index (χ1) is 9.72. The molecule has 0 atom stereocenters. The summed E-state index contributed by atoms with van der Waals surface area (Å²) in [6.07, 6.45) is 0. The highest BCUT2D eigenvalue weighted by molar-refractivity contribution is 6.31. The molecule has 6 heteroatoms. The summed E-state index contributed by atoms with van der Waals surface area (Å²) < 4.78 is 10.3. The van der Waals surface area contributed by atoms with Crippen molar-refractivity contribution in [2.75, 3.05) is 52.0 Å². The van der Waals surface area contributed by atoms with Gasteiger partial charge in [-0.1, -0.05) is 18.5 Å². The molecule has 0 fully saturated rings. The molecule has 1 aromatic rings. The van der Waals surface area contributed by atoms with Crippen LogP contribution in [0.1, 0.15) is 12.6 Å². The number of methoxy groups -OCH3 is 2. The largest absolute Gasteiger partial charge is 0.383 e. The number of aromatic nitrogens is 1. The maximum Gasteiger partial charge on any atom is 0.129 e. The Balaban J connectivity index is 2.82. The van der Waals surface area contributed by atoms with Crippen LogP contribution in [-0.4, -0.2) is 52.1 Å². The van der Waals surface area contributed by atoms with Gasteiger partial charge in [-0.3, -0.25) is 0 Å². The molecule has 1 N–H and O–H groups in total. The van der Waals surface area contributed by atoms with Gasteiger partial charge in [-0.25, -0.2) is 4.98 Å². The second-order valence-electron chi connectivity index (χ2n) is 4.35. The Bertz CT molecular complexity index is 383. The molecule has 0 saturated carbocycles. The van der Waals surface area contributed by atoms with E-state index in [-0.39, 0.29) is 0 Å². The minimum absolute atomic E-state index is 0.649. The SMILES string of the molecule is CCNCc1nc(N(CCOC)CCOC)ccc1Cl. The van der Waals surface area contributed by atoms with E-state index in [4.69, 9.17) is 21.1 Å². The average Bonchev–Trinajstić information content (AvgIpc) is 2.47. The second-order valence-corrected chi connectivity index (χ2v) is 4.76. The third-order valence-corrected chi connectivity index (χ3v) is 3.25. The zero-order valence-corrected chi connectivity index (χ0v) is 13.2. The lowest BCUT2D eigenvalue weighted by molar-refractivity contribution is 0.190. The van der Waals surface area contributed by atoms with E-state index < -0.39 is 0 Å². The molecule has 0 radical (unpaired) electrons. The highest BCUT2D eigenvalue weighted by Crippen LogP contribution is 2.19. The zero-order valence-electron chi connectivity index (χ0n) is 12.5. The van der Waals surface area contributed by atoms with Gasteiger partial charge in [-0.05, 0) is 18.7 Å². The van der Waals surface area contributed by atoms with Crippen molar-refractivity contribution in [3.63, 3.8) is 0 Å². The topological polar surface area (TPSA) is 46.6 Å². The first kappa shape index (κ1) is 17.2. The van der Waals surface area contributed by atoms with Gasteiger partial charge in [-0.15, -0.1) is 0 Å². The predicted octanol–water partition coefficient (Wildman–Crippen LogP) is 1.94. The number of hydrogen-bond donors (Lipinski definition) is 1. The van der Waals surface area contributed by atoms with Crippen LogP contribution in [0.15, 0.2) is 12.1 Å². The summed E-state index contributed by atoms with van der Waals surface area (Å²) in [6, 6.07) is 3.83. The van der Waals surface area contributed by atoms with Gasteiger partial charge in [0.25, 0.3) is 0 Å². The minimum Gasteiger partial charge on any atom is -0.383 e. The quantitative estimate of drug-likeness (QED) is 0.716. The Morgan fingerprint density at radius 3 is 2.40 bits per heavy atom. The molecule has 0 aliphatic rings. The van der Waals surface area contributed by atoms with Crippen molar-refractivity contribution in [2.24, 2.45) is 0 Å². The van der Waals surface area contributed by atoms with Gasteiger partial charge in [0, 0.05) is 33.9 Å². The number of ether oxygens (including phenoxy) is 2. The second kappa shape index (κ2) is 9.94. The Morgan fingerprint density at radius 2 is 1.85 bits per heavy atom. The van der Waals surface area contributed by atoms with Gasteiger partial charge in [-0.2, -0.15) is 0 Å². The standard InChI is InChI=1S/C14H24ClN3O2/c1-4-16-11-13-12(15)5-6-14(17-13)18(7-9-19-2)8-10-20-3/h5-6,16H,4,7-11H2,1-3H3. The van der Waals surface area contributed by atoms with Crippen LogP contribution in [0.5, 0.6) is 0 Å². The fourth-order valence-corrected chi connectivity index (χ4v) is 1.93. The first-order valence-corrected chi connectivity index (χ1v) is 7.19. The van der Waals surface area contributed by atoms with Gasteiger partial charge in [0.1, 0.15) is 5.82 Å². The van der Waals surface area contributed by atoms with E-state index in [1.165, 1.54) is 0 Å². The van der Waals surface area contributed by atoms with Crippen molar-refractivity contribution in [3.8, 4) is 0 Å². The van der Waals surface area contributed by atoms with Crippen molar-refractivity contribution in [1.29, 1.82) is 0 Å². The Kier molecular flexibility index (Phi) is 8.53. The molecule has 0 aromatic carbocycles. The highest BCUT2D eigenvalue weighted by Gasteiger charge is 2.10. The molecule has 0 unspecified atom stereocenters. The van der Waals surface area contributed by atoms with Crippen LogP contribution in [-0.2, 0) is 16.0 Å². The first-order valence-electron chi connectivity index (χ1n) is 6.81. The number of pyridine rings is 1. The van der Waals surface area contributed by atoms with Gasteiger partial charge in [0.15, 0.2) is 0 Å². The molecule has 1 heterocycles. The van der Waals surface area contributed by atoms with E-state index in [9.17, 15) is 0 Å². The fourth-order valence-electron chi connectivity index (χ4n) is 1.76. The molecule has 1 rings (SSSR count). The van der Waals surface area contributed by atoms with Crippen molar-refractivity contribution in [2.45, 2.75) is 13.5 Å². The summed E-state index contributed by atoms with van der Waals surface area (Å²) in [5.41, 5.74) is 0.867. The average molecular weight is 302 g/mol. The van der Waals surface area contributed by atoms with Crippen LogP contribution in [0.3, 0.4) is 0 Å². The summed E-state index contributed by atoms with van der Waals surface area (Å²) in [5, 5.41) is 3.93. The van der Waals surface area contributed by atoms with Gasteiger partial charge >= 0.3 is 0 Å². The van der Waals surface area contributed by atoms with Crippen LogP contribution in [0.2, 0.25) is 5.02 Å². The maximum absolute atomic E-state index is 6.17. The molecular weight excluding hydrogens is 278 g/mol. The fraction of sp³-hybridized carbons (Fsp3) is 0.643. The Hall–Kier alpha value is -0.880. The van der Waals surface area contributed by atoms with Gasteiger partial charge < -0.3 is 19.7 Å². The summed E-state index contributed by atoms with van der Waals surface area (Å²) >= 11 is 6.17. The number of anilines is 1. The lowest BCUT2D eigenvalue weighted by atomic mass is 10.3. The van der Waals surface area contributed by atoms with E-state index in [1.807, 2.05) is 12.1 Å². The predicted molar refractivity (Wildman–Crippen MR) is 82.6 cm³/mol. The van der Waals surface area contributed by atoms with Crippen molar-refractivity contribution in [3.05, 3.63) is 22.8 Å². The van der Waals surface area contributed by atoms with Gasteiger partial charge in [0.05, 0.1) is 23.9 Å². The highest BCUT2D eigenvalue weighted by atomic mass is 35.5. The third-order valence-electron chi connectivity index (χ3n) is 2.90. The maximum atomic E-state index is 6.17. The molecule has 0 saturated heterocycles. The van der Waals surface area contributed by atoms with E-state index in [2.05, 4.69) is 22.1 Å². The lowest BCUT2D eigenvalue weighted by Gasteiger charge is -2.23. The molecule has 114 valence electrons. The normalized spacial score (nSPS) is 10.8. The van der Waals surface area contributed by atoms with Crippen molar-refractivity contribution in [1.82, 2.24) is 10.3 Å². The molecule has 0 spiro atoms. The van der Waals surface area contributed by atoms with Crippen molar-refractivity contribution >= 4 is 17.4 Å². The van der Waals surface area contributed by atoms with Crippen LogP contribution in [0, 0.1) is 0 Å². The number of rotatable bonds is 10. The lowest BCUT2D eigenvalue weighted by Crippen LogP contribution is -2.31. The van der Waals surface area contributed by atoms with E-state index in [1.54, 1.807) is 14.2 Å². The molecule has 0 bridgehead atoms. The summed E-state index contributed by atoms with van der Waals surface area (Å²) in [5.74, 6) is 0.899. The number of hydrogen-bond acceptors (Lipinski definition) is 5. The molecule has 0 aliphatic heterocycles. The summed E-state index contributed by atoms with van der Waals surface area (Å²) in [7, 11) is 3.39. The Labute approximate surface area is 126 Å². The smallest absolute Gasteiger partial charge is 0.129 e. The number of nitrogens with zero attached hydrogens (tertiary/aromatic N) is 2. The molecule has 20 heavy (non-hydrogen) atoms. The molecule has 0 aliphatic carbocycles. The van der Waals surface area contributed by atoms with E-state index in [0.29, 0.717) is 24.8 Å². The van der Waals surface area contributed by atoms with Crippen LogP contribution < -0.4 is 10.2 Å². The molecule has 0 amide bonds. The molecular formula is C14H24ClN3O2. The third kappa shape index (κ3) is 5.63. The molecule has 5 nitrogen and oxygen atoms in total. The van der Waals surface area contributed by atoms with Crippen LogP contribution >= 0.6 is 11.6 Å². The summed E-state index contributed by atoms with van der Waals surface area (Å²) in [6.45, 7) is 6.46.